The van der Waals surface area contributed by atoms with Crippen molar-refractivity contribution in [2.75, 3.05) is 45.3 Å². The average molecular weight is 444 g/mol. The highest BCUT2D eigenvalue weighted by molar-refractivity contribution is 6.00. The van der Waals surface area contributed by atoms with E-state index in [1.165, 1.54) is 17.6 Å². The fraction of sp³-hybridized carbons (Fsp3) is 0.333. The maximum Gasteiger partial charge on any atom is 0.276 e. The predicted molar refractivity (Wildman–Crippen MR) is 114 cm³/mol. The standard InChI is InChI=1S/C21H24N4O7/c1-31-16-9-14(10-17(13-16)32-2)11-20(26)24-7-5-23(6-8-24)19-4-3-15(25(29)30)12-18(19)21(27)22-28/h3-4,9-10,12-13,28H,5-8,11H2,1-2H3,(H,22,27). The fourth-order valence-electron chi connectivity index (χ4n) is 3.61. The molecule has 0 aromatic heterocycles. The number of rotatable bonds is 7. The number of hydroxylamine groups is 1. The van der Waals surface area contributed by atoms with Gasteiger partial charge in [-0.05, 0) is 23.8 Å². The summed E-state index contributed by atoms with van der Waals surface area (Å²) in [5, 5.41) is 20.0. The monoisotopic (exact) mass is 444 g/mol. The van der Waals surface area contributed by atoms with Gasteiger partial charge in [0.25, 0.3) is 11.6 Å². The minimum Gasteiger partial charge on any atom is -0.497 e. The summed E-state index contributed by atoms with van der Waals surface area (Å²) in [7, 11) is 3.09. The maximum atomic E-state index is 12.8. The third-order valence-corrected chi connectivity index (χ3v) is 5.28. The van der Waals surface area contributed by atoms with Crippen LogP contribution < -0.4 is 19.9 Å². The van der Waals surface area contributed by atoms with E-state index < -0.39 is 10.8 Å². The van der Waals surface area contributed by atoms with Crippen molar-refractivity contribution in [3.63, 3.8) is 0 Å². The zero-order valence-corrected chi connectivity index (χ0v) is 17.7. The Morgan fingerprint density at radius 2 is 1.69 bits per heavy atom. The van der Waals surface area contributed by atoms with Gasteiger partial charge in [-0.25, -0.2) is 5.48 Å². The first-order chi connectivity index (χ1) is 15.4. The number of amides is 2. The van der Waals surface area contributed by atoms with Crippen LogP contribution in [0, 0.1) is 10.1 Å². The van der Waals surface area contributed by atoms with Crippen LogP contribution in [0.5, 0.6) is 11.5 Å². The molecule has 32 heavy (non-hydrogen) atoms. The summed E-state index contributed by atoms with van der Waals surface area (Å²) in [6, 6.07) is 9.20. The SMILES string of the molecule is COc1cc(CC(=O)N2CCN(c3ccc([N+](=O)[O-])cc3C(=O)NO)CC2)cc(OC)c1. The van der Waals surface area contributed by atoms with Crippen LogP contribution in [0.15, 0.2) is 36.4 Å². The maximum absolute atomic E-state index is 12.8. The van der Waals surface area contributed by atoms with Gasteiger partial charge in [-0.2, -0.15) is 0 Å². The van der Waals surface area contributed by atoms with Gasteiger partial charge >= 0.3 is 0 Å². The van der Waals surface area contributed by atoms with E-state index in [2.05, 4.69) is 0 Å². The number of piperazine rings is 1. The number of ether oxygens (including phenoxy) is 2. The molecule has 0 radical (unpaired) electrons. The van der Waals surface area contributed by atoms with E-state index in [0.717, 1.165) is 11.6 Å². The van der Waals surface area contributed by atoms with Gasteiger partial charge in [0.15, 0.2) is 0 Å². The predicted octanol–water partition coefficient (Wildman–Crippen LogP) is 1.62. The number of nitrogens with one attached hydrogen (secondary N) is 1. The molecule has 1 fully saturated rings. The Kier molecular flexibility index (Phi) is 7.11. The Balaban J connectivity index is 1.69. The van der Waals surface area contributed by atoms with Crippen LogP contribution in [0.25, 0.3) is 0 Å². The van der Waals surface area contributed by atoms with Gasteiger partial charge in [-0.1, -0.05) is 0 Å². The fourth-order valence-corrected chi connectivity index (χ4v) is 3.61. The van der Waals surface area contributed by atoms with E-state index in [4.69, 9.17) is 14.7 Å². The molecule has 1 heterocycles. The molecule has 0 saturated carbocycles. The van der Waals surface area contributed by atoms with E-state index in [-0.39, 0.29) is 23.6 Å². The molecule has 2 N–H and O–H groups in total. The van der Waals surface area contributed by atoms with Crippen LogP contribution >= 0.6 is 0 Å². The molecule has 1 saturated heterocycles. The highest BCUT2D eigenvalue weighted by atomic mass is 16.6. The molecule has 11 nitrogen and oxygen atoms in total. The van der Waals surface area contributed by atoms with Crippen LogP contribution in [0.1, 0.15) is 15.9 Å². The molecule has 0 spiro atoms. The van der Waals surface area contributed by atoms with Gasteiger partial charge in [-0.15, -0.1) is 0 Å². The van der Waals surface area contributed by atoms with E-state index in [9.17, 15) is 19.7 Å². The summed E-state index contributed by atoms with van der Waals surface area (Å²) < 4.78 is 10.5. The third kappa shape index (κ3) is 5.06. The zero-order chi connectivity index (χ0) is 23.3. The number of nitro groups is 1. The lowest BCUT2D eigenvalue weighted by molar-refractivity contribution is -0.384. The molecule has 3 rings (SSSR count). The number of benzene rings is 2. The average Bonchev–Trinajstić information content (AvgIpc) is 2.82. The second-order valence-corrected chi connectivity index (χ2v) is 7.17. The molecule has 1 aliphatic rings. The molecule has 0 unspecified atom stereocenters. The molecule has 1 aliphatic heterocycles. The summed E-state index contributed by atoms with van der Waals surface area (Å²) >= 11 is 0. The number of non-ortho nitro benzene ring substituents is 1. The number of nitro benzene ring substituents is 1. The van der Waals surface area contributed by atoms with Crippen molar-refractivity contribution >= 4 is 23.2 Å². The van der Waals surface area contributed by atoms with Gasteiger partial charge in [0.05, 0.1) is 36.8 Å². The highest BCUT2D eigenvalue weighted by Gasteiger charge is 2.26. The Labute approximate surface area is 184 Å². The van der Waals surface area contributed by atoms with Crippen molar-refractivity contribution < 1.29 is 29.2 Å². The van der Waals surface area contributed by atoms with Crippen LogP contribution in [-0.2, 0) is 11.2 Å². The Bertz CT molecular complexity index is 997. The summed E-state index contributed by atoms with van der Waals surface area (Å²) in [6.07, 6.45) is 0.184. The minimum atomic E-state index is -0.839. The van der Waals surface area contributed by atoms with Crippen LogP contribution in [-0.4, -0.2) is 67.2 Å². The van der Waals surface area contributed by atoms with Crippen LogP contribution in [0.3, 0.4) is 0 Å². The number of anilines is 1. The molecule has 0 atom stereocenters. The minimum absolute atomic E-state index is 0.00930. The summed E-state index contributed by atoms with van der Waals surface area (Å²) in [6.45, 7) is 1.68. The Morgan fingerprint density at radius 3 is 2.22 bits per heavy atom. The lowest BCUT2D eigenvalue weighted by Crippen LogP contribution is -2.49. The second-order valence-electron chi connectivity index (χ2n) is 7.17. The van der Waals surface area contributed by atoms with Gasteiger partial charge < -0.3 is 19.3 Å². The van der Waals surface area contributed by atoms with Crippen molar-refractivity contribution in [1.82, 2.24) is 10.4 Å². The number of hydrogen-bond acceptors (Lipinski definition) is 8. The van der Waals surface area contributed by atoms with Crippen molar-refractivity contribution in [2.24, 2.45) is 0 Å². The topological polar surface area (TPSA) is 134 Å². The summed E-state index contributed by atoms with van der Waals surface area (Å²) in [4.78, 5) is 38.8. The molecule has 2 aromatic rings. The molecule has 0 aliphatic carbocycles. The first-order valence-electron chi connectivity index (χ1n) is 9.83. The van der Waals surface area contributed by atoms with Gasteiger partial charge in [0.2, 0.25) is 5.91 Å². The molecule has 170 valence electrons. The lowest BCUT2D eigenvalue weighted by atomic mass is 10.1. The van der Waals surface area contributed by atoms with E-state index in [0.29, 0.717) is 43.4 Å². The van der Waals surface area contributed by atoms with Gasteiger partial charge in [0, 0.05) is 44.4 Å². The highest BCUT2D eigenvalue weighted by Crippen LogP contribution is 2.27. The van der Waals surface area contributed by atoms with Gasteiger partial charge in [0.1, 0.15) is 11.5 Å². The number of methoxy groups -OCH3 is 2. The Morgan fingerprint density at radius 1 is 1.06 bits per heavy atom. The second kappa shape index (κ2) is 9.96. The van der Waals surface area contributed by atoms with Crippen molar-refractivity contribution in [1.29, 1.82) is 0 Å². The van der Waals surface area contributed by atoms with Gasteiger partial charge in [-0.3, -0.25) is 24.9 Å². The van der Waals surface area contributed by atoms with E-state index in [1.54, 1.807) is 37.3 Å². The normalized spacial score (nSPS) is 13.5. The molecular weight excluding hydrogens is 420 g/mol. The van der Waals surface area contributed by atoms with E-state index in [1.807, 2.05) is 4.90 Å². The smallest absolute Gasteiger partial charge is 0.276 e. The first-order valence-corrected chi connectivity index (χ1v) is 9.83. The summed E-state index contributed by atoms with van der Waals surface area (Å²) in [5.74, 6) is 0.306. The molecule has 2 aromatic carbocycles. The first kappa shape index (κ1) is 22.8. The quantitative estimate of drug-likeness (QED) is 0.374. The van der Waals surface area contributed by atoms with Crippen LogP contribution in [0.2, 0.25) is 0 Å². The molecule has 2 amide bonds. The number of carbonyl (C=O) groups excluding carboxylic acids is 2. The Hall–Kier alpha value is -3.86. The van der Waals surface area contributed by atoms with E-state index >= 15 is 0 Å². The van der Waals surface area contributed by atoms with Crippen LogP contribution in [0.4, 0.5) is 11.4 Å². The third-order valence-electron chi connectivity index (χ3n) is 5.28. The molecular formula is C21H24N4O7. The van der Waals surface area contributed by atoms with Crippen molar-refractivity contribution in [3.05, 3.63) is 57.6 Å². The van der Waals surface area contributed by atoms with Crippen molar-refractivity contribution in [2.45, 2.75) is 6.42 Å². The number of nitrogens with zero attached hydrogens (tertiary/aromatic N) is 3. The largest absolute Gasteiger partial charge is 0.497 e. The zero-order valence-electron chi connectivity index (χ0n) is 17.7. The molecule has 0 bridgehead atoms. The number of hydrogen-bond donors (Lipinski definition) is 2. The van der Waals surface area contributed by atoms with Crippen molar-refractivity contribution in [3.8, 4) is 11.5 Å². The number of carbonyl (C=O) groups is 2. The lowest BCUT2D eigenvalue weighted by Gasteiger charge is -2.36. The molecule has 11 heteroatoms. The summed E-state index contributed by atoms with van der Waals surface area (Å²) in [5.41, 5.74) is 2.48.